The van der Waals surface area contributed by atoms with Crippen LogP contribution in [0.4, 0.5) is 5.69 Å². The number of aryl methyl sites for hydroxylation is 2. The van der Waals surface area contributed by atoms with Gasteiger partial charge in [-0.2, -0.15) is 0 Å². The summed E-state index contributed by atoms with van der Waals surface area (Å²) in [5.41, 5.74) is 3.78. The fraction of sp³-hybridized carbons (Fsp3) is 0.385. The Labute approximate surface area is 174 Å². The number of rotatable bonds is 4. The van der Waals surface area contributed by atoms with Crippen LogP contribution >= 0.6 is 0 Å². The standard InChI is InChI=1S/C13H16O.C9H13N.2C2H6/c1-4-7-12(5-2)14-13-9-6-8-11(3)10-13;1-8-5-4-6-9(7-8)10(2)3;2*1-2/h4-10H,1-3H3;4-7H,1-3H3;2*1-2H3/b7-4-,12-5+;;;. The Hall–Kier alpha value is -2.48. The van der Waals surface area contributed by atoms with Crippen LogP contribution in [0.1, 0.15) is 52.7 Å². The average molecular weight is 384 g/mol. The van der Waals surface area contributed by atoms with E-state index in [0.29, 0.717) is 0 Å². The summed E-state index contributed by atoms with van der Waals surface area (Å²) in [6.07, 6.45) is 5.86. The molecule has 0 aliphatic carbocycles. The molecule has 0 heterocycles. The van der Waals surface area contributed by atoms with Crippen molar-refractivity contribution in [3.8, 4) is 5.75 Å². The van der Waals surface area contributed by atoms with E-state index in [1.54, 1.807) is 0 Å². The maximum Gasteiger partial charge on any atom is 0.127 e. The molecule has 156 valence electrons. The van der Waals surface area contributed by atoms with E-state index in [0.717, 1.165) is 11.5 Å². The fourth-order valence-corrected chi connectivity index (χ4v) is 2.07. The molecule has 0 aliphatic rings. The van der Waals surface area contributed by atoms with Crippen molar-refractivity contribution in [2.24, 2.45) is 0 Å². The van der Waals surface area contributed by atoms with E-state index in [1.165, 1.54) is 16.8 Å². The number of nitrogens with zero attached hydrogens (tertiary/aromatic N) is 1. The monoisotopic (exact) mass is 383 g/mol. The summed E-state index contributed by atoms with van der Waals surface area (Å²) < 4.78 is 5.66. The Morgan fingerprint density at radius 1 is 0.821 bits per heavy atom. The maximum atomic E-state index is 5.66. The van der Waals surface area contributed by atoms with Gasteiger partial charge in [0.15, 0.2) is 0 Å². The lowest BCUT2D eigenvalue weighted by atomic mass is 10.2. The molecule has 2 aromatic carbocycles. The highest BCUT2D eigenvalue weighted by molar-refractivity contribution is 5.46. The second kappa shape index (κ2) is 17.9. The molecule has 2 heteroatoms. The SMILES string of the molecule is C/C=C\C(=C/C)Oc1cccc(C)c1.CC.CC.Cc1cccc(N(C)C)c1. The van der Waals surface area contributed by atoms with Gasteiger partial charge in [-0.1, -0.05) is 58.0 Å². The molecular formula is C26H41NO. The van der Waals surface area contributed by atoms with Gasteiger partial charge >= 0.3 is 0 Å². The summed E-state index contributed by atoms with van der Waals surface area (Å²) in [7, 11) is 4.10. The molecule has 0 unspecified atom stereocenters. The first kappa shape index (κ1) is 27.7. The van der Waals surface area contributed by atoms with E-state index in [-0.39, 0.29) is 0 Å². The van der Waals surface area contributed by atoms with Crippen LogP contribution in [-0.4, -0.2) is 14.1 Å². The molecule has 0 atom stereocenters. The molecule has 2 rings (SSSR count). The lowest BCUT2D eigenvalue weighted by Gasteiger charge is -2.11. The Morgan fingerprint density at radius 3 is 1.75 bits per heavy atom. The van der Waals surface area contributed by atoms with E-state index in [1.807, 2.05) is 78.0 Å². The summed E-state index contributed by atoms with van der Waals surface area (Å²) >= 11 is 0. The molecule has 2 aromatic rings. The summed E-state index contributed by atoms with van der Waals surface area (Å²) in [4.78, 5) is 2.10. The zero-order chi connectivity index (χ0) is 21.9. The second-order valence-corrected chi connectivity index (χ2v) is 5.84. The maximum absolute atomic E-state index is 5.66. The van der Waals surface area contributed by atoms with Crippen LogP contribution in [0.2, 0.25) is 0 Å². The molecule has 0 saturated carbocycles. The predicted octanol–water partition coefficient (Wildman–Crippen LogP) is 7.97. The first-order chi connectivity index (χ1) is 13.5. The molecule has 0 aliphatic heterocycles. The third-order valence-electron chi connectivity index (χ3n) is 3.36. The predicted molar refractivity (Wildman–Crippen MR) is 129 cm³/mol. The van der Waals surface area contributed by atoms with Gasteiger partial charge in [0.05, 0.1) is 0 Å². The third kappa shape index (κ3) is 12.8. The van der Waals surface area contributed by atoms with Crippen LogP contribution in [0.25, 0.3) is 0 Å². The van der Waals surface area contributed by atoms with Gasteiger partial charge in [0, 0.05) is 19.8 Å². The van der Waals surface area contributed by atoms with Crippen LogP contribution in [0, 0.1) is 13.8 Å². The first-order valence-corrected chi connectivity index (χ1v) is 10.2. The van der Waals surface area contributed by atoms with Gasteiger partial charge in [-0.3, -0.25) is 0 Å². The Kier molecular flexibility index (Phi) is 17.7. The first-order valence-electron chi connectivity index (χ1n) is 10.2. The van der Waals surface area contributed by atoms with E-state index >= 15 is 0 Å². The van der Waals surface area contributed by atoms with Crippen LogP contribution < -0.4 is 9.64 Å². The summed E-state index contributed by atoms with van der Waals surface area (Å²) in [6.45, 7) is 16.1. The minimum absolute atomic E-state index is 0.873. The summed E-state index contributed by atoms with van der Waals surface area (Å²) in [6, 6.07) is 16.5. The van der Waals surface area contributed by atoms with E-state index in [2.05, 4.69) is 63.2 Å². The van der Waals surface area contributed by atoms with Gasteiger partial charge in [0.2, 0.25) is 0 Å². The topological polar surface area (TPSA) is 12.5 Å². The average Bonchev–Trinajstić information content (AvgIpc) is 2.71. The van der Waals surface area contributed by atoms with Gasteiger partial charge < -0.3 is 9.64 Å². The number of ether oxygens (including phenoxy) is 1. The number of hydrogen-bond acceptors (Lipinski definition) is 2. The van der Waals surface area contributed by atoms with Gasteiger partial charge in [0.1, 0.15) is 11.5 Å². The quantitative estimate of drug-likeness (QED) is 0.392. The Bertz CT molecular complexity index is 684. The van der Waals surface area contributed by atoms with Crippen molar-refractivity contribution in [2.75, 3.05) is 19.0 Å². The highest BCUT2D eigenvalue weighted by atomic mass is 16.5. The molecule has 0 bridgehead atoms. The molecule has 0 fully saturated rings. The molecule has 0 saturated heterocycles. The smallest absolute Gasteiger partial charge is 0.127 e. The Morgan fingerprint density at radius 2 is 1.36 bits per heavy atom. The molecule has 0 N–H and O–H groups in total. The van der Waals surface area contributed by atoms with Crippen molar-refractivity contribution in [2.45, 2.75) is 55.4 Å². The van der Waals surface area contributed by atoms with Gasteiger partial charge in [-0.15, -0.1) is 0 Å². The van der Waals surface area contributed by atoms with E-state index in [4.69, 9.17) is 4.74 Å². The number of anilines is 1. The lowest BCUT2D eigenvalue weighted by molar-refractivity contribution is 0.443. The lowest BCUT2D eigenvalue weighted by Crippen LogP contribution is -2.08. The van der Waals surface area contributed by atoms with Crippen molar-refractivity contribution in [1.82, 2.24) is 0 Å². The van der Waals surface area contributed by atoms with Gasteiger partial charge in [-0.05, 0) is 75.2 Å². The van der Waals surface area contributed by atoms with Gasteiger partial charge in [-0.25, -0.2) is 0 Å². The van der Waals surface area contributed by atoms with Crippen LogP contribution in [-0.2, 0) is 0 Å². The number of allylic oxidation sites excluding steroid dienone is 3. The van der Waals surface area contributed by atoms with Crippen LogP contribution in [0.5, 0.6) is 5.75 Å². The fourth-order valence-electron chi connectivity index (χ4n) is 2.07. The van der Waals surface area contributed by atoms with Crippen molar-refractivity contribution in [3.05, 3.63) is 83.6 Å². The second-order valence-electron chi connectivity index (χ2n) is 5.84. The van der Waals surface area contributed by atoms with Crippen LogP contribution in [0.15, 0.2) is 72.5 Å². The third-order valence-corrected chi connectivity index (χ3v) is 3.36. The zero-order valence-electron chi connectivity index (χ0n) is 19.7. The summed E-state index contributed by atoms with van der Waals surface area (Å²) in [5.74, 6) is 1.76. The number of hydrogen-bond donors (Lipinski definition) is 0. The molecule has 0 aromatic heterocycles. The highest BCUT2D eigenvalue weighted by Crippen LogP contribution is 2.16. The van der Waals surface area contributed by atoms with Gasteiger partial charge in [0.25, 0.3) is 0 Å². The summed E-state index contributed by atoms with van der Waals surface area (Å²) in [5, 5.41) is 0. The molecule has 0 amide bonds. The largest absolute Gasteiger partial charge is 0.458 e. The molecule has 0 spiro atoms. The van der Waals surface area contributed by atoms with Crippen molar-refractivity contribution < 1.29 is 4.74 Å². The van der Waals surface area contributed by atoms with E-state index < -0.39 is 0 Å². The minimum Gasteiger partial charge on any atom is -0.458 e. The Balaban J connectivity index is 0. The molecular weight excluding hydrogens is 342 g/mol. The zero-order valence-corrected chi connectivity index (χ0v) is 19.7. The van der Waals surface area contributed by atoms with Crippen molar-refractivity contribution >= 4 is 5.69 Å². The molecule has 0 radical (unpaired) electrons. The van der Waals surface area contributed by atoms with Crippen LogP contribution in [0.3, 0.4) is 0 Å². The molecule has 28 heavy (non-hydrogen) atoms. The van der Waals surface area contributed by atoms with E-state index in [9.17, 15) is 0 Å². The van der Waals surface area contributed by atoms with Crippen molar-refractivity contribution in [3.63, 3.8) is 0 Å². The number of benzene rings is 2. The highest BCUT2D eigenvalue weighted by Gasteiger charge is 1.95. The molecule has 2 nitrogen and oxygen atoms in total. The van der Waals surface area contributed by atoms with Crippen molar-refractivity contribution in [1.29, 1.82) is 0 Å². The minimum atomic E-state index is 0.873. The normalized spacial score (nSPS) is 9.86.